The molecule has 0 unspecified atom stereocenters. The van der Waals surface area contributed by atoms with Crippen LogP contribution in [0.15, 0.2) is 60.7 Å². The molecule has 31 heavy (non-hydrogen) atoms. The van der Waals surface area contributed by atoms with Crippen LogP contribution in [0.25, 0.3) is 0 Å². The minimum atomic E-state index is -0.368. The van der Waals surface area contributed by atoms with E-state index in [1.165, 1.54) is 7.11 Å². The van der Waals surface area contributed by atoms with E-state index in [1.807, 2.05) is 6.92 Å². The van der Waals surface area contributed by atoms with Crippen molar-refractivity contribution in [1.82, 2.24) is 0 Å². The third kappa shape index (κ3) is 5.90. The van der Waals surface area contributed by atoms with Gasteiger partial charge in [0.2, 0.25) is 0 Å². The maximum atomic E-state index is 12.5. The molecule has 0 heterocycles. The van der Waals surface area contributed by atoms with Crippen LogP contribution in [0.2, 0.25) is 10.0 Å². The molecular formula is C23H20Cl2N2O4. The Balaban J connectivity index is 1.63. The maximum absolute atomic E-state index is 12.5. The van der Waals surface area contributed by atoms with Crippen molar-refractivity contribution < 1.29 is 19.1 Å². The standard InChI is InChI=1S/C23H20Cl2N2O4/c1-14-11-16(8-9-18(14)24)31-13-22(28)26-15-7-10-20(21(12-15)30-2)27-23(29)17-5-3-4-6-19(17)25/h3-12H,13H2,1-2H3,(H,26,28)(H,27,29). The van der Waals surface area contributed by atoms with Gasteiger partial charge in [-0.25, -0.2) is 0 Å². The molecule has 2 amide bonds. The lowest BCUT2D eigenvalue weighted by atomic mass is 10.2. The molecule has 0 aliphatic carbocycles. The number of carbonyl (C=O) groups excluding carboxylic acids is 2. The highest BCUT2D eigenvalue weighted by molar-refractivity contribution is 6.34. The number of hydrogen-bond acceptors (Lipinski definition) is 4. The largest absolute Gasteiger partial charge is 0.494 e. The first-order valence-electron chi connectivity index (χ1n) is 9.30. The van der Waals surface area contributed by atoms with E-state index in [0.29, 0.717) is 38.5 Å². The van der Waals surface area contributed by atoms with Gasteiger partial charge in [0.25, 0.3) is 11.8 Å². The van der Waals surface area contributed by atoms with Crippen LogP contribution in [0, 0.1) is 6.92 Å². The van der Waals surface area contributed by atoms with Gasteiger partial charge in [-0.15, -0.1) is 0 Å². The lowest BCUT2D eigenvalue weighted by Gasteiger charge is -2.13. The van der Waals surface area contributed by atoms with Crippen molar-refractivity contribution in [2.75, 3.05) is 24.4 Å². The molecule has 0 fully saturated rings. The highest BCUT2D eigenvalue weighted by Crippen LogP contribution is 2.29. The molecule has 0 saturated carbocycles. The van der Waals surface area contributed by atoms with Gasteiger partial charge in [0, 0.05) is 16.8 Å². The summed E-state index contributed by atoms with van der Waals surface area (Å²) in [5, 5.41) is 6.47. The van der Waals surface area contributed by atoms with Gasteiger partial charge in [-0.3, -0.25) is 9.59 Å². The first kappa shape index (κ1) is 22.5. The second kappa shape index (κ2) is 10.2. The Morgan fingerprint density at radius 2 is 1.71 bits per heavy atom. The van der Waals surface area contributed by atoms with Crippen molar-refractivity contribution in [2.24, 2.45) is 0 Å². The molecule has 8 heteroatoms. The summed E-state index contributed by atoms with van der Waals surface area (Å²) in [5.74, 6) is 0.217. The van der Waals surface area contributed by atoms with Crippen molar-refractivity contribution in [3.8, 4) is 11.5 Å². The van der Waals surface area contributed by atoms with Gasteiger partial charge < -0.3 is 20.1 Å². The fraction of sp³-hybridized carbons (Fsp3) is 0.130. The van der Waals surface area contributed by atoms with E-state index in [9.17, 15) is 9.59 Å². The molecular weight excluding hydrogens is 439 g/mol. The first-order chi connectivity index (χ1) is 14.9. The number of carbonyl (C=O) groups is 2. The topological polar surface area (TPSA) is 76.7 Å². The lowest BCUT2D eigenvalue weighted by Crippen LogP contribution is -2.20. The van der Waals surface area contributed by atoms with E-state index in [2.05, 4.69) is 10.6 Å². The zero-order valence-electron chi connectivity index (χ0n) is 16.9. The van der Waals surface area contributed by atoms with E-state index in [4.69, 9.17) is 32.7 Å². The third-order valence-corrected chi connectivity index (χ3v) is 5.10. The number of benzene rings is 3. The predicted octanol–water partition coefficient (Wildman–Crippen LogP) is 5.58. The van der Waals surface area contributed by atoms with Gasteiger partial charge in [-0.05, 0) is 55.0 Å². The minimum Gasteiger partial charge on any atom is -0.494 e. The number of ether oxygens (including phenoxy) is 2. The predicted molar refractivity (Wildman–Crippen MR) is 123 cm³/mol. The van der Waals surface area contributed by atoms with Crippen LogP contribution < -0.4 is 20.1 Å². The zero-order valence-corrected chi connectivity index (χ0v) is 18.4. The molecule has 0 aromatic heterocycles. The summed E-state index contributed by atoms with van der Waals surface area (Å²) in [7, 11) is 1.47. The van der Waals surface area contributed by atoms with Gasteiger partial charge in [0.1, 0.15) is 11.5 Å². The highest BCUT2D eigenvalue weighted by Gasteiger charge is 2.14. The SMILES string of the molecule is COc1cc(NC(=O)COc2ccc(Cl)c(C)c2)ccc1NC(=O)c1ccccc1Cl. The van der Waals surface area contributed by atoms with Gasteiger partial charge in [0.05, 0.1) is 23.4 Å². The molecule has 0 aliphatic heterocycles. The molecule has 0 bridgehead atoms. The summed E-state index contributed by atoms with van der Waals surface area (Å²) < 4.78 is 10.8. The van der Waals surface area contributed by atoms with Crippen molar-refractivity contribution in [2.45, 2.75) is 6.92 Å². The highest BCUT2D eigenvalue weighted by atomic mass is 35.5. The quantitative estimate of drug-likeness (QED) is 0.484. The van der Waals surface area contributed by atoms with Gasteiger partial charge in [0.15, 0.2) is 6.61 Å². The first-order valence-corrected chi connectivity index (χ1v) is 10.1. The normalized spacial score (nSPS) is 10.3. The molecule has 3 rings (SSSR count). The smallest absolute Gasteiger partial charge is 0.262 e. The Labute approximate surface area is 190 Å². The molecule has 6 nitrogen and oxygen atoms in total. The Morgan fingerprint density at radius 3 is 2.42 bits per heavy atom. The second-order valence-corrected chi connectivity index (χ2v) is 7.41. The van der Waals surface area contributed by atoms with Crippen LogP contribution in [0.4, 0.5) is 11.4 Å². The van der Waals surface area contributed by atoms with Crippen molar-refractivity contribution in [3.05, 3.63) is 81.8 Å². The number of halogens is 2. The van der Waals surface area contributed by atoms with Crippen LogP contribution in [0.5, 0.6) is 11.5 Å². The monoisotopic (exact) mass is 458 g/mol. The van der Waals surface area contributed by atoms with Crippen LogP contribution in [0.3, 0.4) is 0 Å². The Kier molecular flexibility index (Phi) is 7.39. The Hall–Kier alpha value is -3.22. The molecule has 0 aliphatic rings. The van der Waals surface area contributed by atoms with Crippen LogP contribution in [-0.4, -0.2) is 25.5 Å². The van der Waals surface area contributed by atoms with Gasteiger partial charge in [-0.1, -0.05) is 35.3 Å². The summed E-state index contributed by atoms with van der Waals surface area (Å²) in [5.41, 5.74) is 2.14. The number of methoxy groups -OCH3 is 1. The maximum Gasteiger partial charge on any atom is 0.262 e. The minimum absolute atomic E-state index is 0.172. The number of anilines is 2. The third-order valence-electron chi connectivity index (χ3n) is 4.35. The Bertz CT molecular complexity index is 1120. The molecule has 3 aromatic rings. The van der Waals surface area contributed by atoms with E-state index in [-0.39, 0.29) is 18.4 Å². The number of nitrogens with one attached hydrogen (secondary N) is 2. The van der Waals surface area contributed by atoms with Crippen LogP contribution in [-0.2, 0) is 4.79 Å². The lowest BCUT2D eigenvalue weighted by molar-refractivity contribution is -0.118. The summed E-state index contributed by atoms with van der Waals surface area (Å²) in [6.45, 7) is 1.68. The summed E-state index contributed by atoms with van der Waals surface area (Å²) >= 11 is 12.1. The van der Waals surface area contributed by atoms with E-state index in [0.717, 1.165) is 5.56 Å². The summed E-state index contributed by atoms with van der Waals surface area (Å²) in [4.78, 5) is 24.7. The van der Waals surface area contributed by atoms with E-state index in [1.54, 1.807) is 60.7 Å². The number of hydrogen-bond donors (Lipinski definition) is 2. The Morgan fingerprint density at radius 1 is 0.935 bits per heavy atom. The fourth-order valence-electron chi connectivity index (χ4n) is 2.76. The average molecular weight is 459 g/mol. The molecule has 0 spiro atoms. The molecule has 3 aromatic carbocycles. The molecule has 2 N–H and O–H groups in total. The van der Waals surface area contributed by atoms with Crippen molar-refractivity contribution in [3.63, 3.8) is 0 Å². The number of aryl methyl sites for hydroxylation is 1. The summed E-state index contributed by atoms with van der Waals surface area (Å²) in [6, 6.07) is 16.8. The second-order valence-electron chi connectivity index (χ2n) is 6.60. The van der Waals surface area contributed by atoms with Crippen LogP contribution in [0.1, 0.15) is 15.9 Å². The molecule has 0 atom stereocenters. The molecule has 160 valence electrons. The summed E-state index contributed by atoms with van der Waals surface area (Å²) in [6.07, 6.45) is 0. The average Bonchev–Trinajstić information content (AvgIpc) is 2.75. The van der Waals surface area contributed by atoms with Crippen LogP contribution >= 0.6 is 23.2 Å². The zero-order chi connectivity index (χ0) is 22.4. The molecule has 0 radical (unpaired) electrons. The van der Waals surface area contributed by atoms with E-state index < -0.39 is 0 Å². The fourth-order valence-corrected chi connectivity index (χ4v) is 3.10. The van der Waals surface area contributed by atoms with E-state index >= 15 is 0 Å². The van der Waals surface area contributed by atoms with Crippen molar-refractivity contribution >= 4 is 46.4 Å². The molecule has 0 saturated heterocycles. The van der Waals surface area contributed by atoms with Gasteiger partial charge >= 0.3 is 0 Å². The van der Waals surface area contributed by atoms with Gasteiger partial charge in [-0.2, -0.15) is 0 Å². The van der Waals surface area contributed by atoms with Crippen molar-refractivity contribution in [1.29, 1.82) is 0 Å². The number of amides is 2. The number of rotatable bonds is 7.